The number of rotatable bonds is 4. The highest BCUT2D eigenvalue weighted by Crippen LogP contribution is 2.18. The highest BCUT2D eigenvalue weighted by molar-refractivity contribution is 5.75. The van der Waals surface area contributed by atoms with Crippen LogP contribution < -0.4 is 0 Å². The van der Waals surface area contributed by atoms with Crippen LogP contribution in [0.15, 0.2) is 29.8 Å². The Morgan fingerprint density at radius 1 is 1.44 bits per heavy atom. The van der Waals surface area contributed by atoms with Crippen LogP contribution in [0.25, 0.3) is 6.08 Å². The number of halogens is 1. The maximum Gasteiger partial charge on any atom is 0.310 e. The van der Waals surface area contributed by atoms with E-state index in [-0.39, 0.29) is 5.82 Å². The van der Waals surface area contributed by atoms with Crippen LogP contribution in [0.4, 0.5) is 4.39 Å². The van der Waals surface area contributed by atoms with Gasteiger partial charge in [-0.2, -0.15) is 0 Å². The van der Waals surface area contributed by atoms with Crippen molar-refractivity contribution in [2.24, 2.45) is 5.92 Å². The van der Waals surface area contributed by atoms with Gasteiger partial charge < -0.3 is 5.11 Å². The van der Waals surface area contributed by atoms with Crippen LogP contribution in [-0.4, -0.2) is 11.1 Å². The average molecular weight is 222 g/mol. The standard InChI is InChI=1S/C13H15FO2/c1-3-11(9(2)13(15)16)8-10-4-6-12(14)7-5-10/h4-9H,3H2,1-2H3,(H,15,16). The van der Waals surface area contributed by atoms with Gasteiger partial charge in [0.2, 0.25) is 0 Å². The van der Waals surface area contributed by atoms with E-state index in [0.717, 1.165) is 11.1 Å². The smallest absolute Gasteiger partial charge is 0.310 e. The monoisotopic (exact) mass is 222 g/mol. The van der Waals surface area contributed by atoms with Crippen molar-refractivity contribution < 1.29 is 14.3 Å². The molecule has 0 aromatic heterocycles. The zero-order valence-electron chi connectivity index (χ0n) is 9.40. The number of carboxylic acid groups (broad SMARTS) is 1. The molecule has 1 atom stereocenters. The fourth-order valence-corrected chi connectivity index (χ4v) is 1.46. The summed E-state index contributed by atoms with van der Waals surface area (Å²) >= 11 is 0. The van der Waals surface area contributed by atoms with Crippen LogP contribution >= 0.6 is 0 Å². The maximum absolute atomic E-state index is 12.7. The minimum absolute atomic E-state index is 0.290. The summed E-state index contributed by atoms with van der Waals surface area (Å²) in [7, 11) is 0. The van der Waals surface area contributed by atoms with Gasteiger partial charge in [-0.25, -0.2) is 4.39 Å². The summed E-state index contributed by atoms with van der Waals surface area (Å²) in [6, 6.07) is 6.01. The van der Waals surface area contributed by atoms with E-state index in [1.807, 2.05) is 6.92 Å². The second-order valence-corrected chi connectivity index (χ2v) is 3.68. The van der Waals surface area contributed by atoms with Crippen molar-refractivity contribution in [2.45, 2.75) is 20.3 Å². The van der Waals surface area contributed by atoms with Gasteiger partial charge in [0.05, 0.1) is 5.92 Å². The zero-order chi connectivity index (χ0) is 12.1. The van der Waals surface area contributed by atoms with Gasteiger partial charge in [0.25, 0.3) is 0 Å². The molecule has 0 aliphatic carbocycles. The molecule has 1 aromatic rings. The molecule has 1 N–H and O–H groups in total. The van der Waals surface area contributed by atoms with Gasteiger partial charge in [0, 0.05) is 0 Å². The molecule has 0 aliphatic heterocycles. The Balaban J connectivity index is 2.95. The fourth-order valence-electron chi connectivity index (χ4n) is 1.46. The molecule has 0 heterocycles. The minimum atomic E-state index is -0.838. The molecular formula is C13H15FO2. The van der Waals surface area contributed by atoms with Crippen LogP contribution in [0, 0.1) is 11.7 Å². The van der Waals surface area contributed by atoms with Crippen molar-refractivity contribution in [2.75, 3.05) is 0 Å². The summed E-state index contributed by atoms with van der Waals surface area (Å²) in [5.41, 5.74) is 1.66. The van der Waals surface area contributed by atoms with E-state index < -0.39 is 11.9 Å². The Kier molecular flexibility index (Phi) is 4.23. The summed E-state index contributed by atoms with van der Waals surface area (Å²) in [4.78, 5) is 10.8. The van der Waals surface area contributed by atoms with Crippen molar-refractivity contribution in [3.05, 3.63) is 41.2 Å². The van der Waals surface area contributed by atoms with Crippen LogP contribution in [0.2, 0.25) is 0 Å². The van der Waals surface area contributed by atoms with Gasteiger partial charge in [0.1, 0.15) is 5.82 Å². The van der Waals surface area contributed by atoms with Crippen LogP contribution in [-0.2, 0) is 4.79 Å². The molecule has 0 fully saturated rings. The van der Waals surface area contributed by atoms with E-state index in [4.69, 9.17) is 5.11 Å². The number of benzene rings is 1. The van der Waals surface area contributed by atoms with Crippen LogP contribution in [0.5, 0.6) is 0 Å². The first kappa shape index (κ1) is 12.4. The van der Waals surface area contributed by atoms with E-state index in [1.54, 1.807) is 25.1 Å². The largest absolute Gasteiger partial charge is 0.481 e. The van der Waals surface area contributed by atoms with E-state index in [1.165, 1.54) is 12.1 Å². The minimum Gasteiger partial charge on any atom is -0.481 e. The van der Waals surface area contributed by atoms with Gasteiger partial charge in [-0.05, 0) is 31.0 Å². The Hall–Kier alpha value is -1.64. The van der Waals surface area contributed by atoms with Gasteiger partial charge in [-0.3, -0.25) is 4.79 Å². The Bertz CT molecular complexity index is 393. The predicted octanol–water partition coefficient (Wildman–Crippen LogP) is 3.34. The molecule has 1 aromatic carbocycles. The second-order valence-electron chi connectivity index (χ2n) is 3.68. The molecule has 0 spiro atoms. The summed E-state index contributed by atoms with van der Waals surface area (Å²) < 4.78 is 12.7. The highest BCUT2D eigenvalue weighted by Gasteiger charge is 2.14. The van der Waals surface area contributed by atoms with Gasteiger partial charge >= 0.3 is 5.97 Å². The van der Waals surface area contributed by atoms with Gasteiger partial charge in [-0.1, -0.05) is 30.7 Å². The number of aliphatic carboxylic acids is 1. The molecular weight excluding hydrogens is 207 g/mol. The van der Waals surface area contributed by atoms with E-state index >= 15 is 0 Å². The molecule has 16 heavy (non-hydrogen) atoms. The first-order valence-corrected chi connectivity index (χ1v) is 5.23. The van der Waals surface area contributed by atoms with Crippen molar-refractivity contribution in [1.82, 2.24) is 0 Å². The molecule has 0 aliphatic rings. The molecule has 86 valence electrons. The normalized spacial score (nSPS) is 13.6. The lowest BCUT2D eigenvalue weighted by atomic mass is 9.96. The molecule has 0 amide bonds. The topological polar surface area (TPSA) is 37.3 Å². The quantitative estimate of drug-likeness (QED) is 0.848. The first-order chi connectivity index (χ1) is 7.54. The Labute approximate surface area is 94.4 Å². The zero-order valence-corrected chi connectivity index (χ0v) is 9.40. The van der Waals surface area contributed by atoms with Gasteiger partial charge in [-0.15, -0.1) is 0 Å². The molecule has 0 saturated heterocycles. The Morgan fingerprint density at radius 3 is 2.44 bits per heavy atom. The van der Waals surface area contributed by atoms with Crippen LogP contribution in [0.3, 0.4) is 0 Å². The lowest BCUT2D eigenvalue weighted by molar-refractivity contribution is -0.139. The third kappa shape index (κ3) is 3.19. The third-order valence-electron chi connectivity index (χ3n) is 2.56. The van der Waals surface area contributed by atoms with Crippen molar-refractivity contribution in [3.63, 3.8) is 0 Å². The average Bonchev–Trinajstić information content (AvgIpc) is 2.27. The molecule has 1 unspecified atom stereocenters. The SMILES string of the molecule is CCC(=Cc1ccc(F)cc1)C(C)C(=O)O. The van der Waals surface area contributed by atoms with Crippen molar-refractivity contribution >= 4 is 12.0 Å². The lowest BCUT2D eigenvalue weighted by Gasteiger charge is -2.09. The molecule has 0 saturated carbocycles. The molecule has 3 heteroatoms. The maximum atomic E-state index is 12.7. The van der Waals surface area contributed by atoms with E-state index in [2.05, 4.69) is 0 Å². The summed E-state index contributed by atoms with van der Waals surface area (Å²) in [5.74, 6) is -1.63. The summed E-state index contributed by atoms with van der Waals surface area (Å²) in [6.07, 6.45) is 2.48. The number of hydrogen-bond acceptors (Lipinski definition) is 1. The van der Waals surface area contributed by atoms with Gasteiger partial charge in [0.15, 0.2) is 0 Å². The van der Waals surface area contributed by atoms with Crippen molar-refractivity contribution in [1.29, 1.82) is 0 Å². The number of hydrogen-bond donors (Lipinski definition) is 1. The highest BCUT2D eigenvalue weighted by atomic mass is 19.1. The third-order valence-corrected chi connectivity index (χ3v) is 2.56. The fraction of sp³-hybridized carbons (Fsp3) is 0.308. The van der Waals surface area contributed by atoms with Crippen LogP contribution in [0.1, 0.15) is 25.8 Å². The lowest BCUT2D eigenvalue weighted by Crippen LogP contribution is -2.11. The number of carbonyl (C=O) groups is 1. The van der Waals surface area contributed by atoms with E-state index in [9.17, 15) is 9.18 Å². The number of carboxylic acids is 1. The summed E-state index contributed by atoms with van der Waals surface area (Å²) in [6.45, 7) is 3.57. The predicted molar refractivity (Wildman–Crippen MR) is 61.5 cm³/mol. The molecule has 0 radical (unpaired) electrons. The second kappa shape index (κ2) is 5.45. The molecule has 2 nitrogen and oxygen atoms in total. The van der Waals surface area contributed by atoms with E-state index in [0.29, 0.717) is 6.42 Å². The molecule has 0 bridgehead atoms. The first-order valence-electron chi connectivity index (χ1n) is 5.23. The molecule has 1 rings (SSSR count). The Morgan fingerprint density at radius 2 is 2.00 bits per heavy atom. The van der Waals surface area contributed by atoms with Crippen molar-refractivity contribution in [3.8, 4) is 0 Å². The summed E-state index contributed by atoms with van der Waals surface area (Å²) in [5, 5.41) is 8.90.